The number of nitrogens with zero attached hydrogens (tertiary/aromatic N) is 1. The van der Waals surface area contributed by atoms with Crippen molar-refractivity contribution in [1.82, 2.24) is 4.90 Å². The topological polar surface area (TPSA) is 57.6 Å². The number of hydrogen-bond donors (Lipinski definition) is 1. The Morgan fingerprint density at radius 1 is 1.57 bits per heavy atom. The highest BCUT2D eigenvalue weighted by atomic mass is 16.4. The molecule has 4 nitrogen and oxygen atoms in total. The molecule has 0 spiro atoms. The summed E-state index contributed by atoms with van der Waals surface area (Å²) in [5.74, 6) is 1.14. The number of carboxylic acids is 1. The number of carbonyl (C=O) groups is 2. The van der Waals surface area contributed by atoms with Gasteiger partial charge in [-0.25, -0.2) is 4.79 Å². The largest absolute Gasteiger partial charge is 0.480 e. The van der Waals surface area contributed by atoms with Crippen LogP contribution in [0.15, 0.2) is 0 Å². The van der Waals surface area contributed by atoms with E-state index in [-0.39, 0.29) is 12.3 Å². The third-order valence-electron chi connectivity index (χ3n) is 2.02. The fourth-order valence-corrected chi connectivity index (χ4v) is 1.14. The number of carboxylic acid groups (broad SMARTS) is 1. The zero-order chi connectivity index (χ0) is 11.1. The highest BCUT2D eigenvalue weighted by Crippen LogP contribution is 2.05. The molecular formula is C10H15NO3. The number of carbonyl (C=O) groups excluding carboxylic acids is 1. The summed E-state index contributed by atoms with van der Waals surface area (Å²) in [6.07, 6.45) is 5.96. The van der Waals surface area contributed by atoms with Gasteiger partial charge in [-0.1, -0.05) is 6.92 Å². The van der Waals surface area contributed by atoms with E-state index in [0.29, 0.717) is 12.8 Å². The number of rotatable bonds is 5. The quantitative estimate of drug-likeness (QED) is 0.661. The van der Waals surface area contributed by atoms with Gasteiger partial charge in [0.15, 0.2) is 0 Å². The Balaban J connectivity index is 4.28. The van der Waals surface area contributed by atoms with Crippen LogP contribution >= 0.6 is 0 Å². The third kappa shape index (κ3) is 3.48. The maximum Gasteiger partial charge on any atom is 0.326 e. The first kappa shape index (κ1) is 12.5. The molecule has 0 saturated heterocycles. The SMILES string of the molecule is C#CCCC(=O)N(C)C(CC)C(=O)O. The molecule has 1 amide bonds. The van der Waals surface area contributed by atoms with Crippen molar-refractivity contribution in [2.75, 3.05) is 7.05 Å². The summed E-state index contributed by atoms with van der Waals surface area (Å²) in [5, 5.41) is 8.78. The average Bonchev–Trinajstić information content (AvgIpc) is 2.14. The number of likely N-dealkylation sites (N-methyl/N-ethyl adjacent to an activating group) is 1. The number of aliphatic carboxylic acids is 1. The van der Waals surface area contributed by atoms with E-state index >= 15 is 0 Å². The van der Waals surface area contributed by atoms with Gasteiger partial charge in [-0.05, 0) is 6.42 Å². The van der Waals surface area contributed by atoms with Crippen molar-refractivity contribution in [1.29, 1.82) is 0 Å². The highest BCUT2D eigenvalue weighted by Gasteiger charge is 2.23. The Morgan fingerprint density at radius 3 is 2.50 bits per heavy atom. The molecule has 78 valence electrons. The fraction of sp³-hybridized carbons (Fsp3) is 0.600. The lowest BCUT2D eigenvalue weighted by molar-refractivity contribution is -0.149. The lowest BCUT2D eigenvalue weighted by Crippen LogP contribution is -2.41. The molecule has 0 aliphatic heterocycles. The standard InChI is InChI=1S/C10H15NO3/c1-4-6-7-9(12)11(3)8(5-2)10(13)14/h1,8H,5-7H2,2-3H3,(H,13,14). The molecule has 0 aromatic heterocycles. The van der Waals surface area contributed by atoms with Crippen molar-refractivity contribution in [2.24, 2.45) is 0 Å². The smallest absolute Gasteiger partial charge is 0.326 e. The maximum atomic E-state index is 11.4. The van der Waals surface area contributed by atoms with Crippen LogP contribution in [0.5, 0.6) is 0 Å². The lowest BCUT2D eigenvalue weighted by Gasteiger charge is -2.23. The molecule has 0 bridgehead atoms. The normalized spacial score (nSPS) is 11.5. The number of hydrogen-bond acceptors (Lipinski definition) is 2. The van der Waals surface area contributed by atoms with Crippen LogP contribution in [0.1, 0.15) is 26.2 Å². The molecule has 1 atom stereocenters. The first-order chi connectivity index (χ1) is 6.54. The van der Waals surface area contributed by atoms with Gasteiger partial charge in [0.1, 0.15) is 6.04 Å². The summed E-state index contributed by atoms with van der Waals surface area (Å²) >= 11 is 0. The second-order valence-corrected chi connectivity index (χ2v) is 2.97. The second-order valence-electron chi connectivity index (χ2n) is 2.97. The van der Waals surface area contributed by atoms with E-state index in [0.717, 1.165) is 0 Å². The minimum absolute atomic E-state index is 0.205. The molecule has 0 radical (unpaired) electrons. The predicted octanol–water partition coefficient (Wildman–Crippen LogP) is 0.721. The van der Waals surface area contributed by atoms with Gasteiger partial charge >= 0.3 is 5.97 Å². The Labute approximate surface area is 83.9 Å². The summed E-state index contributed by atoms with van der Waals surface area (Å²) in [6, 6.07) is -0.750. The van der Waals surface area contributed by atoms with Gasteiger partial charge in [-0.2, -0.15) is 0 Å². The van der Waals surface area contributed by atoms with E-state index in [4.69, 9.17) is 11.5 Å². The summed E-state index contributed by atoms with van der Waals surface area (Å²) in [5.41, 5.74) is 0. The summed E-state index contributed by atoms with van der Waals surface area (Å²) in [4.78, 5) is 23.3. The van der Waals surface area contributed by atoms with Crippen molar-refractivity contribution in [3.8, 4) is 12.3 Å². The molecule has 0 aromatic rings. The molecule has 1 N–H and O–H groups in total. The molecule has 0 saturated carbocycles. The first-order valence-corrected chi connectivity index (χ1v) is 4.46. The van der Waals surface area contributed by atoms with E-state index < -0.39 is 12.0 Å². The van der Waals surface area contributed by atoms with Gasteiger partial charge in [-0.3, -0.25) is 4.79 Å². The van der Waals surface area contributed by atoms with E-state index in [9.17, 15) is 9.59 Å². The Bertz CT molecular complexity index is 255. The molecule has 4 heteroatoms. The van der Waals surface area contributed by atoms with Crippen molar-refractivity contribution >= 4 is 11.9 Å². The molecule has 0 aliphatic rings. The van der Waals surface area contributed by atoms with Gasteiger partial charge < -0.3 is 10.0 Å². The van der Waals surface area contributed by atoms with Crippen LogP contribution in [0.2, 0.25) is 0 Å². The van der Waals surface area contributed by atoms with Crippen molar-refractivity contribution in [3.05, 3.63) is 0 Å². The van der Waals surface area contributed by atoms with Crippen LogP contribution in [0.25, 0.3) is 0 Å². The lowest BCUT2D eigenvalue weighted by atomic mass is 10.2. The van der Waals surface area contributed by atoms with E-state index in [1.54, 1.807) is 6.92 Å². The monoisotopic (exact) mass is 197 g/mol. The van der Waals surface area contributed by atoms with Crippen molar-refractivity contribution in [2.45, 2.75) is 32.2 Å². The Kier molecular flexibility index (Phi) is 5.38. The first-order valence-electron chi connectivity index (χ1n) is 4.46. The van der Waals surface area contributed by atoms with Gasteiger partial charge in [0.2, 0.25) is 5.91 Å². The average molecular weight is 197 g/mol. The molecule has 0 rings (SSSR count). The predicted molar refractivity (Wildman–Crippen MR) is 52.6 cm³/mol. The Hall–Kier alpha value is -1.50. The van der Waals surface area contributed by atoms with E-state index in [1.807, 2.05) is 0 Å². The maximum absolute atomic E-state index is 11.4. The highest BCUT2D eigenvalue weighted by molar-refractivity contribution is 5.83. The van der Waals surface area contributed by atoms with E-state index in [2.05, 4.69) is 5.92 Å². The van der Waals surface area contributed by atoms with Gasteiger partial charge in [0, 0.05) is 19.9 Å². The molecule has 0 aromatic carbocycles. The Morgan fingerprint density at radius 2 is 2.14 bits per heavy atom. The van der Waals surface area contributed by atoms with Gasteiger partial charge in [-0.15, -0.1) is 12.3 Å². The fourth-order valence-electron chi connectivity index (χ4n) is 1.14. The van der Waals surface area contributed by atoms with Crippen LogP contribution in [-0.4, -0.2) is 35.0 Å². The second kappa shape index (κ2) is 6.03. The number of terminal acetylenes is 1. The van der Waals surface area contributed by atoms with Gasteiger partial charge in [0.25, 0.3) is 0 Å². The van der Waals surface area contributed by atoms with Crippen LogP contribution in [-0.2, 0) is 9.59 Å². The molecule has 1 unspecified atom stereocenters. The minimum Gasteiger partial charge on any atom is -0.480 e. The van der Waals surface area contributed by atoms with Crippen molar-refractivity contribution < 1.29 is 14.7 Å². The van der Waals surface area contributed by atoms with Crippen LogP contribution in [0, 0.1) is 12.3 Å². The van der Waals surface area contributed by atoms with Gasteiger partial charge in [0.05, 0.1) is 0 Å². The zero-order valence-electron chi connectivity index (χ0n) is 8.49. The van der Waals surface area contributed by atoms with Crippen LogP contribution in [0.4, 0.5) is 0 Å². The minimum atomic E-state index is -0.982. The third-order valence-corrected chi connectivity index (χ3v) is 2.02. The van der Waals surface area contributed by atoms with Crippen molar-refractivity contribution in [3.63, 3.8) is 0 Å². The summed E-state index contributed by atoms with van der Waals surface area (Å²) in [7, 11) is 1.49. The zero-order valence-corrected chi connectivity index (χ0v) is 8.49. The molecule has 0 fully saturated rings. The molecule has 14 heavy (non-hydrogen) atoms. The molecular weight excluding hydrogens is 182 g/mol. The molecule has 0 aliphatic carbocycles. The summed E-state index contributed by atoms with van der Waals surface area (Å²) in [6.45, 7) is 1.73. The molecule has 0 heterocycles. The summed E-state index contributed by atoms with van der Waals surface area (Å²) < 4.78 is 0. The number of amides is 1. The van der Waals surface area contributed by atoms with Crippen LogP contribution in [0.3, 0.4) is 0 Å². The van der Waals surface area contributed by atoms with Crippen LogP contribution < -0.4 is 0 Å². The van der Waals surface area contributed by atoms with E-state index in [1.165, 1.54) is 11.9 Å².